The van der Waals surface area contributed by atoms with Gasteiger partial charge in [0.05, 0.1) is 12.2 Å². The number of carbonyl (C=O) groups excluding carboxylic acids is 1. The van der Waals surface area contributed by atoms with Crippen LogP contribution in [0, 0.1) is 6.92 Å². The van der Waals surface area contributed by atoms with Crippen molar-refractivity contribution in [2.45, 2.75) is 32.7 Å². The van der Waals surface area contributed by atoms with Crippen LogP contribution in [-0.2, 0) is 11.2 Å². The summed E-state index contributed by atoms with van der Waals surface area (Å²) < 4.78 is 5.74. The van der Waals surface area contributed by atoms with E-state index in [2.05, 4.69) is 23.3 Å². The van der Waals surface area contributed by atoms with E-state index in [4.69, 9.17) is 4.42 Å². The highest BCUT2D eigenvalue weighted by Crippen LogP contribution is 2.20. The van der Waals surface area contributed by atoms with Gasteiger partial charge in [0.2, 0.25) is 5.91 Å². The monoisotopic (exact) mass is 334 g/mol. The topological polar surface area (TPSA) is 55.1 Å². The van der Waals surface area contributed by atoms with Gasteiger partial charge < -0.3 is 9.73 Å². The predicted octanol–water partition coefficient (Wildman–Crippen LogP) is 4.46. The number of benzene rings is 2. The highest BCUT2D eigenvalue weighted by molar-refractivity contribution is 5.76. The maximum absolute atomic E-state index is 12.2. The lowest BCUT2D eigenvalue weighted by molar-refractivity contribution is -0.121. The summed E-state index contributed by atoms with van der Waals surface area (Å²) in [7, 11) is 0. The maximum Gasteiger partial charge on any atom is 0.220 e. The second kappa shape index (κ2) is 7.79. The Kier molecular flexibility index (Phi) is 5.29. The van der Waals surface area contributed by atoms with Crippen molar-refractivity contribution in [3.05, 3.63) is 77.8 Å². The third kappa shape index (κ3) is 4.35. The molecule has 0 aliphatic heterocycles. The number of amides is 1. The lowest BCUT2D eigenvalue weighted by Crippen LogP contribution is -2.27. The summed E-state index contributed by atoms with van der Waals surface area (Å²) in [6.45, 7) is 4.05. The van der Waals surface area contributed by atoms with Crippen molar-refractivity contribution >= 4 is 5.91 Å². The first-order valence-corrected chi connectivity index (χ1v) is 8.48. The average Bonchev–Trinajstić information content (AvgIpc) is 3.10. The van der Waals surface area contributed by atoms with Gasteiger partial charge in [-0.25, -0.2) is 4.98 Å². The van der Waals surface area contributed by atoms with Gasteiger partial charge in [0.1, 0.15) is 0 Å². The molecule has 0 radical (unpaired) electrons. The largest absolute Gasteiger partial charge is 0.441 e. The molecule has 0 saturated heterocycles. The first kappa shape index (κ1) is 17.0. The van der Waals surface area contributed by atoms with Crippen molar-refractivity contribution in [1.82, 2.24) is 10.3 Å². The van der Waals surface area contributed by atoms with Crippen molar-refractivity contribution in [2.75, 3.05) is 0 Å². The molecular weight excluding hydrogens is 312 g/mol. The van der Waals surface area contributed by atoms with Gasteiger partial charge in [-0.1, -0.05) is 54.6 Å². The second-order valence-corrected chi connectivity index (χ2v) is 6.13. The molecule has 1 atom stereocenters. The second-order valence-electron chi connectivity index (χ2n) is 6.13. The van der Waals surface area contributed by atoms with Crippen LogP contribution in [0.4, 0.5) is 0 Å². The third-order valence-corrected chi connectivity index (χ3v) is 4.21. The van der Waals surface area contributed by atoms with Gasteiger partial charge in [0.25, 0.3) is 0 Å². The molecular formula is C21H22N2O2. The zero-order valence-electron chi connectivity index (χ0n) is 14.5. The number of hydrogen-bond donors (Lipinski definition) is 1. The minimum Gasteiger partial charge on any atom is -0.441 e. The number of aryl methyl sites for hydroxylation is 2. The van der Waals surface area contributed by atoms with Crippen LogP contribution in [-0.4, -0.2) is 10.9 Å². The summed E-state index contributed by atoms with van der Waals surface area (Å²) in [4.78, 5) is 16.5. The maximum atomic E-state index is 12.2. The Morgan fingerprint density at radius 2 is 1.84 bits per heavy atom. The zero-order valence-corrected chi connectivity index (χ0v) is 14.5. The van der Waals surface area contributed by atoms with E-state index in [9.17, 15) is 4.79 Å². The summed E-state index contributed by atoms with van der Waals surface area (Å²) in [5.74, 6) is 1.30. The minimum atomic E-state index is -0.0156. The Balaban J connectivity index is 1.54. The van der Waals surface area contributed by atoms with Crippen LogP contribution in [0.25, 0.3) is 11.3 Å². The number of rotatable bonds is 6. The fourth-order valence-electron chi connectivity index (χ4n) is 2.85. The van der Waals surface area contributed by atoms with Crippen molar-refractivity contribution in [3.63, 3.8) is 0 Å². The smallest absolute Gasteiger partial charge is 0.220 e. The fraction of sp³-hybridized carbons (Fsp3) is 0.238. The SMILES string of the molecule is Cc1ccccc1C(C)NC(=O)CCc1ncc(-c2ccccc2)o1. The number of carbonyl (C=O) groups is 1. The van der Waals surface area contributed by atoms with Crippen LogP contribution in [0.5, 0.6) is 0 Å². The Bertz CT molecular complexity index is 840. The van der Waals surface area contributed by atoms with Gasteiger partial charge in [-0.3, -0.25) is 4.79 Å². The van der Waals surface area contributed by atoms with E-state index in [1.807, 2.05) is 55.5 Å². The van der Waals surface area contributed by atoms with Gasteiger partial charge in [-0.15, -0.1) is 0 Å². The molecule has 0 fully saturated rings. The molecule has 128 valence electrons. The number of nitrogens with one attached hydrogen (secondary N) is 1. The summed E-state index contributed by atoms with van der Waals surface area (Å²) in [5.41, 5.74) is 3.30. The van der Waals surface area contributed by atoms with Crippen molar-refractivity contribution in [1.29, 1.82) is 0 Å². The lowest BCUT2D eigenvalue weighted by atomic mass is 10.0. The van der Waals surface area contributed by atoms with Crippen LogP contribution in [0.15, 0.2) is 65.2 Å². The molecule has 0 aliphatic carbocycles. The molecule has 0 spiro atoms. The van der Waals surface area contributed by atoms with E-state index in [-0.39, 0.29) is 11.9 Å². The van der Waals surface area contributed by atoms with Crippen LogP contribution < -0.4 is 5.32 Å². The van der Waals surface area contributed by atoms with Crippen LogP contribution >= 0.6 is 0 Å². The van der Waals surface area contributed by atoms with E-state index in [0.717, 1.165) is 16.9 Å². The van der Waals surface area contributed by atoms with E-state index in [0.29, 0.717) is 18.7 Å². The van der Waals surface area contributed by atoms with Gasteiger partial charge >= 0.3 is 0 Å². The molecule has 1 amide bonds. The van der Waals surface area contributed by atoms with Crippen LogP contribution in [0.1, 0.15) is 36.4 Å². The molecule has 1 heterocycles. The van der Waals surface area contributed by atoms with E-state index in [1.165, 1.54) is 5.56 Å². The van der Waals surface area contributed by atoms with Gasteiger partial charge in [-0.05, 0) is 25.0 Å². The molecule has 1 aromatic heterocycles. The lowest BCUT2D eigenvalue weighted by Gasteiger charge is -2.16. The summed E-state index contributed by atoms with van der Waals surface area (Å²) in [6.07, 6.45) is 2.54. The molecule has 1 N–H and O–H groups in total. The van der Waals surface area contributed by atoms with Crippen LogP contribution in [0.2, 0.25) is 0 Å². The highest BCUT2D eigenvalue weighted by Gasteiger charge is 2.13. The first-order valence-electron chi connectivity index (χ1n) is 8.48. The molecule has 2 aromatic carbocycles. The van der Waals surface area contributed by atoms with Crippen molar-refractivity contribution in [3.8, 4) is 11.3 Å². The quantitative estimate of drug-likeness (QED) is 0.724. The van der Waals surface area contributed by atoms with Crippen LogP contribution in [0.3, 0.4) is 0 Å². The first-order chi connectivity index (χ1) is 12.1. The molecule has 3 rings (SSSR count). The number of aromatic nitrogens is 1. The molecule has 25 heavy (non-hydrogen) atoms. The van der Waals surface area contributed by atoms with Crippen molar-refractivity contribution < 1.29 is 9.21 Å². The third-order valence-electron chi connectivity index (χ3n) is 4.21. The zero-order chi connectivity index (χ0) is 17.6. The molecule has 4 heteroatoms. The van der Waals surface area contributed by atoms with Gasteiger partial charge in [0.15, 0.2) is 11.7 Å². The predicted molar refractivity (Wildman–Crippen MR) is 98.0 cm³/mol. The van der Waals surface area contributed by atoms with E-state index < -0.39 is 0 Å². The van der Waals surface area contributed by atoms with Crippen molar-refractivity contribution in [2.24, 2.45) is 0 Å². The molecule has 0 bridgehead atoms. The minimum absolute atomic E-state index is 0.00443. The summed E-state index contributed by atoms with van der Waals surface area (Å²) in [5, 5.41) is 3.04. The Hall–Kier alpha value is -2.88. The van der Waals surface area contributed by atoms with E-state index >= 15 is 0 Å². The molecule has 0 saturated carbocycles. The number of oxazole rings is 1. The normalized spacial score (nSPS) is 11.9. The summed E-state index contributed by atoms with van der Waals surface area (Å²) >= 11 is 0. The fourth-order valence-corrected chi connectivity index (χ4v) is 2.85. The molecule has 1 unspecified atom stereocenters. The van der Waals surface area contributed by atoms with Gasteiger partial charge in [0, 0.05) is 18.4 Å². The van der Waals surface area contributed by atoms with Gasteiger partial charge in [-0.2, -0.15) is 0 Å². The Morgan fingerprint density at radius 3 is 2.60 bits per heavy atom. The standard InChI is InChI=1S/C21H22N2O2/c1-15-8-6-7-11-18(15)16(2)23-20(24)12-13-21-22-14-19(25-21)17-9-4-3-5-10-17/h3-11,14,16H,12-13H2,1-2H3,(H,23,24). The average molecular weight is 334 g/mol. The van der Waals surface area contributed by atoms with E-state index in [1.54, 1.807) is 6.20 Å². The molecule has 4 nitrogen and oxygen atoms in total. The Morgan fingerprint density at radius 1 is 1.12 bits per heavy atom. The number of nitrogens with zero attached hydrogens (tertiary/aromatic N) is 1. The molecule has 3 aromatic rings. The number of hydrogen-bond acceptors (Lipinski definition) is 3. The highest BCUT2D eigenvalue weighted by atomic mass is 16.4. The Labute approximate surface area is 147 Å². The molecule has 0 aliphatic rings. The summed E-state index contributed by atoms with van der Waals surface area (Å²) in [6, 6.07) is 17.9.